The number of nitrogens with two attached hydrogens (primary N) is 1. The van der Waals surface area contributed by atoms with Gasteiger partial charge in [0.15, 0.2) is 5.65 Å². The molecule has 1 saturated heterocycles. The van der Waals surface area contributed by atoms with Crippen LogP contribution >= 0.6 is 15.9 Å². The maximum atomic E-state index is 6.28. The van der Waals surface area contributed by atoms with Crippen LogP contribution in [0.3, 0.4) is 0 Å². The number of nitrogens with zero attached hydrogens (tertiary/aromatic N) is 4. The Bertz CT molecular complexity index is 640. The number of hydrogen-bond acceptors (Lipinski definition) is 4. The molecule has 1 saturated carbocycles. The number of fused-ring (bicyclic) bond motifs is 2. The summed E-state index contributed by atoms with van der Waals surface area (Å²) in [5, 5.41) is 4.60. The molecule has 6 heteroatoms. The standard InChI is InChI=1S/C14H18BrN5/c15-10-4-5-13-17-14(18-20(13)7-10)19-6-9-2-1-3-12(16)11(9)8-19/h4-5,7,9,11-12H,1-3,6,8,16H2. The largest absolute Gasteiger partial charge is 0.339 e. The van der Waals surface area contributed by atoms with Crippen LogP contribution in [0.25, 0.3) is 5.65 Å². The van der Waals surface area contributed by atoms with Crippen molar-refractivity contribution in [2.24, 2.45) is 17.6 Å². The van der Waals surface area contributed by atoms with Crippen molar-refractivity contribution < 1.29 is 0 Å². The number of hydrogen-bond donors (Lipinski definition) is 1. The predicted octanol–water partition coefficient (Wildman–Crippen LogP) is 2.06. The Labute approximate surface area is 126 Å². The molecule has 2 aliphatic rings. The van der Waals surface area contributed by atoms with Gasteiger partial charge in [-0.2, -0.15) is 4.98 Å². The highest BCUT2D eigenvalue weighted by molar-refractivity contribution is 9.10. The molecule has 0 spiro atoms. The van der Waals surface area contributed by atoms with Gasteiger partial charge in [0, 0.05) is 29.8 Å². The van der Waals surface area contributed by atoms with Gasteiger partial charge in [0.05, 0.1) is 0 Å². The van der Waals surface area contributed by atoms with Crippen molar-refractivity contribution in [3.8, 4) is 0 Å². The lowest BCUT2D eigenvalue weighted by atomic mass is 9.78. The van der Waals surface area contributed by atoms with Gasteiger partial charge in [-0.05, 0) is 52.7 Å². The number of halogens is 1. The molecule has 2 fully saturated rings. The maximum Gasteiger partial charge on any atom is 0.245 e. The normalized spacial score (nSPS) is 29.9. The van der Waals surface area contributed by atoms with Crippen molar-refractivity contribution in [2.75, 3.05) is 18.0 Å². The Balaban J connectivity index is 1.63. The number of rotatable bonds is 1. The lowest BCUT2D eigenvalue weighted by Gasteiger charge is -2.29. The molecule has 1 aliphatic carbocycles. The molecule has 0 aromatic carbocycles. The average Bonchev–Trinajstić information content (AvgIpc) is 3.01. The lowest BCUT2D eigenvalue weighted by Crippen LogP contribution is -2.38. The van der Waals surface area contributed by atoms with Crippen LogP contribution in [0.5, 0.6) is 0 Å². The lowest BCUT2D eigenvalue weighted by molar-refractivity contribution is 0.260. The molecule has 5 nitrogen and oxygen atoms in total. The van der Waals surface area contributed by atoms with Crippen molar-refractivity contribution in [3.05, 3.63) is 22.8 Å². The highest BCUT2D eigenvalue weighted by atomic mass is 79.9. The number of pyridine rings is 1. The zero-order valence-corrected chi connectivity index (χ0v) is 12.8. The van der Waals surface area contributed by atoms with Gasteiger partial charge in [0.1, 0.15) is 0 Å². The second-order valence-corrected chi connectivity index (χ2v) is 6.90. The van der Waals surface area contributed by atoms with Gasteiger partial charge in [0.2, 0.25) is 5.95 Å². The summed E-state index contributed by atoms with van der Waals surface area (Å²) < 4.78 is 2.85. The predicted molar refractivity (Wildman–Crippen MR) is 81.7 cm³/mol. The molecular formula is C14H18BrN5. The first kappa shape index (κ1) is 12.6. The molecule has 106 valence electrons. The van der Waals surface area contributed by atoms with Gasteiger partial charge in [-0.1, -0.05) is 6.42 Å². The summed E-state index contributed by atoms with van der Waals surface area (Å²) in [7, 11) is 0. The third-order valence-corrected chi connectivity index (χ3v) is 5.19. The highest BCUT2D eigenvalue weighted by Gasteiger charge is 2.39. The van der Waals surface area contributed by atoms with Crippen LogP contribution in [0, 0.1) is 11.8 Å². The molecule has 3 unspecified atom stereocenters. The zero-order chi connectivity index (χ0) is 13.7. The summed E-state index contributed by atoms with van der Waals surface area (Å²) >= 11 is 3.46. The molecular weight excluding hydrogens is 318 g/mol. The van der Waals surface area contributed by atoms with E-state index in [2.05, 4.69) is 30.9 Å². The van der Waals surface area contributed by atoms with E-state index in [9.17, 15) is 0 Å². The smallest absolute Gasteiger partial charge is 0.245 e. The van der Waals surface area contributed by atoms with E-state index in [1.54, 1.807) is 0 Å². The number of aromatic nitrogens is 3. The Hall–Kier alpha value is -1.14. The Morgan fingerprint density at radius 3 is 3.00 bits per heavy atom. The quantitative estimate of drug-likeness (QED) is 0.866. The second-order valence-electron chi connectivity index (χ2n) is 5.99. The third-order valence-electron chi connectivity index (χ3n) is 4.72. The van der Waals surface area contributed by atoms with Gasteiger partial charge in [-0.3, -0.25) is 0 Å². The van der Waals surface area contributed by atoms with Crippen LogP contribution in [-0.4, -0.2) is 33.7 Å². The van der Waals surface area contributed by atoms with Crippen LogP contribution in [0.4, 0.5) is 5.95 Å². The summed E-state index contributed by atoms with van der Waals surface area (Å²) in [6.07, 6.45) is 5.68. The fourth-order valence-corrected chi connectivity index (χ4v) is 3.99. The van der Waals surface area contributed by atoms with E-state index in [1.807, 2.05) is 22.8 Å². The van der Waals surface area contributed by atoms with Gasteiger partial charge in [-0.15, -0.1) is 5.10 Å². The summed E-state index contributed by atoms with van der Waals surface area (Å²) in [4.78, 5) is 6.94. The summed E-state index contributed by atoms with van der Waals surface area (Å²) in [6.45, 7) is 2.06. The van der Waals surface area contributed by atoms with E-state index in [-0.39, 0.29) is 0 Å². The second kappa shape index (κ2) is 4.70. The molecule has 2 aromatic heterocycles. The fourth-order valence-electron chi connectivity index (χ4n) is 3.66. The molecule has 1 aliphatic heterocycles. The Kier molecular flexibility index (Phi) is 2.96. The maximum absolute atomic E-state index is 6.28. The summed E-state index contributed by atoms with van der Waals surface area (Å²) in [5.41, 5.74) is 7.17. The third kappa shape index (κ3) is 2.02. The first-order valence-electron chi connectivity index (χ1n) is 7.23. The fraction of sp³-hybridized carbons (Fsp3) is 0.571. The topological polar surface area (TPSA) is 59.5 Å². The van der Waals surface area contributed by atoms with E-state index in [4.69, 9.17) is 5.73 Å². The van der Waals surface area contributed by atoms with Crippen LogP contribution in [-0.2, 0) is 0 Å². The first-order valence-corrected chi connectivity index (χ1v) is 8.02. The zero-order valence-electron chi connectivity index (χ0n) is 11.2. The molecule has 0 radical (unpaired) electrons. The minimum atomic E-state index is 0.352. The van der Waals surface area contributed by atoms with E-state index in [0.717, 1.165) is 35.1 Å². The number of anilines is 1. The van der Waals surface area contributed by atoms with Crippen molar-refractivity contribution in [2.45, 2.75) is 25.3 Å². The van der Waals surface area contributed by atoms with Crippen molar-refractivity contribution in [1.82, 2.24) is 14.6 Å². The van der Waals surface area contributed by atoms with E-state index in [1.165, 1.54) is 19.3 Å². The van der Waals surface area contributed by atoms with E-state index < -0.39 is 0 Å². The van der Waals surface area contributed by atoms with Crippen molar-refractivity contribution in [1.29, 1.82) is 0 Å². The average molecular weight is 336 g/mol. The van der Waals surface area contributed by atoms with E-state index >= 15 is 0 Å². The molecule has 0 amide bonds. The van der Waals surface area contributed by atoms with Crippen molar-refractivity contribution in [3.63, 3.8) is 0 Å². The van der Waals surface area contributed by atoms with Crippen LogP contribution in [0.2, 0.25) is 0 Å². The highest BCUT2D eigenvalue weighted by Crippen LogP contribution is 2.36. The molecule has 3 heterocycles. The molecule has 2 aromatic rings. The van der Waals surface area contributed by atoms with Gasteiger partial charge in [-0.25, -0.2) is 4.52 Å². The molecule has 20 heavy (non-hydrogen) atoms. The van der Waals surface area contributed by atoms with Gasteiger partial charge < -0.3 is 10.6 Å². The minimum absolute atomic E-state index is 0.352. The minimum Gasteiger partial charge on any atom is -0.339 e. The molecule has 2 N–H and O–H groups in total. The van der Waals surface area contributed by atoms with Crippen molar-refractivity contribution >= 4 is 27.5 Å². The van der Waals surface area contributed by atoms with Crippen LogP contribution < -0.4 is 10.6 Å². The first-order chi connectivity index (χ1) is 9.70. The van der Waals surface area contributed by atoms with Gasteiger partial charge in [0.25, 0.3) is 0 Å². The Morgan fingerprint density at radius 1 is 1.25 bits per heavy atom. The van der Waals surface area contributed by atoms with Crippen LogP contribution in [0.15, 0.2) is 22.8 Å². The van der Waals surface area contributed by atoms with E-state index in [0.29, 0.717) is 12.0 Å². The monoisotopic (exact) mass is 335 g/mol. The summed E-state index contributed by atoms with van der Waals surface area (Å²) in [5.74, 6) is 2.17. The van der Waals surface area contributed by atoms with Crippen LogP contribution in [0.1, 0.15) is 19.3 Å². The molecule has 0 bridgehead atoms. The SMILES string of the molecule is NC1CCCC2CN(c3nc4ccc(Br)cn4n3)CC12. The molecule has 3 atom stereocenters. The molecule has 4 rings (SSSR count). The Morgan fingerprint density at radius 2 is 2.15 bits per heavy atom. The summed E-state index contributed by atoms with van der Waals surface area (Å²) in [6, 6.07) is 4.33. The van der Waals surface area contributed by atoms with Gasteiger partial charge >= 0.3 is 0 Å².